The van der Waals surface area contributed by atoms with Gasteiger partial charge in [-0.3, -0.25) is 4.79 Å². The van der Waals surface area contributed by atoms with Crippen molar-refractivity contribution in [2.75, 3.05) is 27.2 Å². The van der Waals surface area contributed by atoms with E-state index < -0.39 is 0 Å². The Morgan fingerprint density at radius 1 is 1.38 bits per heavy atom. The van der Waals surface area contributed by atoms with E-state index in [1.54, 1.807) is 12.1 Å². The highest BCUT2D eigenvalue weighted by Crippen LogP contribution is 2.29. The number of benzene rings is 1. The van der Waals surface area contributed by atoms with E-state index in [1.807, 2.05) is 0 Å². The zero-order valence-electron chi connectivity index (χ0n) is 13.6. The molecule has 0 bridgehead atoms. The maximum atomic E-state index is 12.6. The van der Waals surface area contributed by atoms with Crippen molar-refractivity contribution in [2.24, 2.45) is 0 Å². The maximum absolute atomic E-state index is 12.6. The summed E-state index contributed by atoms with van der Waals surface area (Å²) < 4.78 is 6.78. The summed E-state index contributed by atoms with van der Waals surface area (Å²) in [6.45, 7) is 1.95. The van der Waals surface area contributed by atoms with Crippen molar-refractivity contribution >= 4 is 17.5 Å². The summed E-state index contributed by atoms with van der Waals surface area (Å²) in [4.78, 5) is 14.9. The Labute approximate surface area is 144 Å². The molecule has 2 heterocycles. The number of nitrogens with zero attached hydrogens (tertiary/aromatic N) is 5. The van der Waals surface area contributed by atoms with Crippen LogP contribution in [0.25, 0.3) is 5.69 Å². The monoisotopic (exact) mass is 350 g/mol. The Morgan fingerprint density at radius 3 is 2.75 bits per heavy atom. The highest BCUT2D eigenvalue weighted by molar-refractivity contribution is 6.33. The lowest BCUT2D eigenvalue weighted by Gasteiger charge is -2.29. The number of methoxy groups -OCH3 is 1. The number of hydrogen-bond donors (Lipinski definition) is 1. The van der Waals surface area contributed by atoms with Crippen LogP contribution in [0.15, 0.2) is 18.5 Å². The average molecular weight is 351 g/mol. The Bertz CT molecular complexity index is 713. The third-order valence-corrected chi connectivity index (χ3v) is 4.47. The molecule has 0 atom stereocenters. The van der Waals surface area contributed by atoms with Gasteiger partial charge in [-0.05, 0) is 49.5 Å². The average Bonchev–Trinajstić information content (AvgIpc) is 3.11. The number of tetrazole rings is 1. The van der Waals surface area contributed by atoms with Gasteiger partial charge in [0.1, 0.15) is 12.1 Å². The predicted molar refractivity (Wildman–Crippen MR) is 88.7 cm³/mol. The molecule has 2 aromatic rings. The first-order valence-electron chi connectivity index (χ1n) is 7.69. The van der Waals surface area contributed by atoms with Gasteiger partial charge in [0, 0.05) is 12.1 Å². The molecule has 1 amide bonds. The van der Waals surface area contributed by atoms with Crippen molar-refractivity contribution in [3.8, 4) is 11.4 Å². The lowest BCUT2D eigenvalue weighted by Crippen LogP contribution is -2.43. The molecule has 1 N–H and O–H groups in total. The molecule has 3 rings (SSSR count). The molecule has 1 fully saturated rings. The number of ether oxygens (including phenoxy) is 1. The predicted octanol–water partition coefficient (Wildman–Crippen LogP) is 1.15. The van der Waals surface area contributed by atoms with E-state index in [0.29, 0.717) is 22.0 Å². The highest BCUT2D eigenvalue weighted by Gasteiger charge is 2.22. The van der Waals surface area contributed by atoms with E-state index in [2.05, 4.69) is 32.8 Å². The van der Waals surface area contributed by atoms with Gasteiger partial charge in [-0.2, -0.15) is 4.68 Å². The van der Waals surface area contributed by atoms with Crippen LogP contribution in [-0.2, 0) is 0 Å². The van der Waals surface area contributed by atoms with Gasteiger partial charge in [-0.25, -0.2) is 0 Å². The molecule has 0 radical (unpaired) electrons. The van der Waals surface area contributed by atoms with E-state index in [9.17, 15) is 4.79 Å². The summed E-state index contributed by atoms with van der Waals surface area (Å²) in [6, 6.07) is 3.40. The van der Waals surface area contributed by atoms with Crippen LogP contribution >= 0.6 is 11.6 Å². The van der Waals surface area contributed by atoms with Gasteiger partial charge in [0.05, 0.1) is 23.4 Å². The summed E-state index contributed by atoms with van der Waals surface area (Å²) in [7, 11) is 3.59. The molecular formula is C15H19ClN6O2. The minimum Gasteiger partial charge on any atom is -0.496 e. The minimum atomic E-state index is -0.188. The second-order valence-electron chi connectivity index (χ2n) is 5.81. The lowest BCUT2D eigenvalue weighted by atomic mass is 10.0. The molecule has 1 aromatic heterocycles. The molecule has 0 spiro atoms. The number of carbonyl (C=O) groups excluding carboxylic acids is 1. The van der Waals surface area contributed by atoms with E-state index >= 15 is 0 Å². The minimum absolute atomic E-state index is 0.163. The fourth-order valence-corrected chi connectivity index (χ4v) is 3.00. The van der Waals surface area contributed by atoms with Gasteiger partial charge >= 0.3 is 0 Å². The third-order valence-electron chi connectivity index (χ3n) is 4.16. The van der Waals surface area contributed by atoms with E-state index in [1.165, 1.54) is 18.1 Å². The van der Waals surface area contributed by atoms with Crippen molar-refractivity contribution in [2.45, 2.75) is 18.9 Å². The van der Waals surface area contributed by atoms with Crippen LogP contribution in [0.5, 0.6) is 5.75 Å². The van der Waals surface area contributed by atoms with E-state index in [4.69, 9.17) is 16.3 Å². The molecule has 9 heteroatoms. The first kappa shape index (κ1) is 16.7. The molecule has 1 aliphatic heterocycles. The zero-order chi connectivity index (χ0) is 17.1. The number of likely N-dealkylation sites (tertiary alicyclic amines) is 1. The molecule has 1 saturated heterocycles. The van der Waals surface area contributed by atoms with Crippen LogP contribution < -0.4 is 10.1 Å². The van der Waals surface area contributed by atoms with Crippen LogP contribution in [0, 0.1) is 0 Å². The van der Waals surface area contributed by atoms with Crippen molar-refractivity contribution in [1.82, 2.24) is 30.4 Å². The molecule has 8 nitrogen and oxygen atoms in total. The first-order chi connectivity index (χ1) is 11.6. The van der Waals surface area contributed by atoms with Gasteiger partial charge in [-0.15, -0.1) is 5.10 Å². The van der Waals surface area contributed by atoms with Crippen LogP contribution in [0.2, 0.25) is 5.02 Å². The van der Waals surface area contributed by atoms with Crippen molar-refractivity contribution in [1.29, 1.82) is 0 Å². The number of aromatic nitrogens is 4. The van der Waals surface area contributed by atoms with E-state index in [0.717, 1.165) is 25.9 Å². The maximum Gasteiger partial charge on any atom is 0.255 e. The Balaban J connectivity index is 1.82. The first-order valence-corrected chi connectivity index (χ1v) is 8.06. The molecular weight excluding hydrogens is 332 g/mol. The molecule has 24 heavy (non-hydrogen) atoms. The number of piperidine rings is 1. The molecule has 0 aliphatic carbocycles. The van der Waals surface area contributed by atoms with Gasteiger partial charge in [-0.1, -0.05) is 11.6 Å². The molecule has 0 saturated carbocycles. The molecule has 128 valence electrons. The summed E-state index contributed by atoms with van der Waals surface area (Å²) >= 11 is 6.30. The Hall–Kier alpha value is -2.19. The normalized spacial score (nSPS) is 16.1. The summed E-state index contributed by atoms with van der Waals surface area (Å²) in [6.07, 6.45) is 3.29. The van der Waals surface area contributed by atoms with Gasteiger partial charge in [0.25, 0.3) is 5.91 Å². The number of rotatable bonds is 4. The topological polar surface area (TPSA) is 85.2 Å². The lowest BCUT2D eigenvalue weighted by molar-refractivity contribution is 0.0914. The smallest absolute Gasteiger partial charge is 0.255 e. The number of carbonyl (C=O) groups is 1. The summed E-state index contributed by atoms with van der Waals surface area (Å²) in [5.74, 6) is 0.238. The summed E-state index contributed by atoms with van der Waals surface area (Å²) in [5, 5.41) is 14.4. The van der Waals surface area contributed by atoms with Gasteiger partial charge in [0.15, 0.2) is 0 Å². The van der Waals surface area contributed by atoms with E-state index in [-0.39, 0.29) is 11.9 Å². The zero-order valence-corrected chi connectivity index (χ0v) is 14.3. The van der Waals surface area contributed by atoms with Crippen LogP contribution in [0.4, 0.5) is 0 Å². The third kappa shape index (κ3) is 3.49. The van der Waals surface area contributed by atoms with Crippen molar-refractivity contribution in [3.05, 3.63) is 29.0 Å². The SMILES string of the molecule is COc1cc(-n2cnnn2)c(Cl)cc1C(=O)NC1CCN(C)CC1. The Kier molecular flexibility index (Phi) is 4.96. The van der Waals surface area contributed by atoms with Crippen molar-refractivity contribution < 1.29 is 9.53 Å². The van der Waals surface area contributed by atoms with Crippen LogP contribution in [0.3, 0.4) is 0 Å². The number of nitrogens with one attached hydrogen (secondary N) is 1. The van der Waals surface area contributed by atoms with Crippen LogP contribution in [0.1, 0.15) is 23.2 Å². The fourth-order valence-electron chi connectivity index (χ4n) is 2.75. The quantitative estimate of drug-likeness (QED) is 0.890. The second kappa shape index (κ2) is 7.14. The largest absolute Gasteiger partial charge is 0.496 e. The summed E-state index contributed by atoms with van der Waals surface area (Å²) in [5.41, 5.74) is 0.951. The number of hydrogen-bond acceptors (Lipinski definition) is 6. The molecule has 1 aliphatic rings. The van der Waals surface area contributed by atoms with Gasteiger partial charge in [0.2, 0.25) is 0 Å². The second-order valence-corrected chi connectivity index (χ2v) is 6.22. The van der Waals surface area contributed by atoms with Crippen molar-refractivity contribution in [3.63, 3.8) is 0 Å². The number of amides is 1. The van der Waals surface area contributed by atoms with Gasteiger partial charge < -0.3 is 15.0 Å². The highest BCUT2D eigenvalue weighted by atomic mass is 35.5. The number of halogens is 1. The molecule has 1 aromatic carbocycles. The Morgan fingerprint density at radius 2 is 2.12 bits per heavy atom. The van der Waals surface area contributed by atoms with Crippen LogP contribution in [-0.4, -0.2) is 64.3 Å². The standard InChI is InChI=1S/C15H19ClN6O2/c1-21-5-3-10(4-6-21)18-15(23)11-7-12(16)13(8-14(11)24-2)22-9-17-19-20-22/h7-10H,3-6H2,1-2H3,(H,18,23). The molecule has 0 unspecified atom stereocenters. The fraction of sp³-hybridized carbons (Fsp3) is 0.467.